The van der Waals surface area contributed by atoms with E-state index in [4.69, 9.17) is 9.41 Å². The molecule has 1 atom stereocenters. The molecule has 1 N–H and O–H groups in total. The number of aliphatic imine (C=N–C) groups is 2. The number of fused-ring (bicyclic) bond motifs is 1. The molecule has 1 fully saturated rings. The molecule has 1 aromatic rings. The Labute approximate surface area is 184 Å². The zero-order chi connectivity index (χ0) is 22.0. The van der Waals surface area contributed by atoms with Crippen molar-refractivity contribution in [3.8, 4) is 0 Å². The van der Waals surface area contributed by atoms with E-state index in [2.05, 4.69) is 10.3 Å². The van der Waals surface area contributed by atoms with Crippen LogP contribution in [0.15, 0.2) is 32.8 Å². The number of nitrogens with zero attached hydrogens (tertiary/aromatic N) is 4. The maximum absolute atomic E-state index is 12.9. The molecule has 0 bridgehead atoms. The maximum Gasteiger partial charge on any atom is 0.445 e. The van der Waals surface area contributed by atoms with E-state index in [1.54, 1.807) is 25.4 Å². The van der Waals surface area contributed by atoms with Crippen molar-refractivity contribution < 1.29 is 23.4 Å². The van der Waals surface area contributed by atoms with Crippen LogP contribution in [0.4, 0.5) is 4.79 Å². The maximum atomic E-state index is 12.9. The first-order valence-electron chi connectivity index (χ1n) is 10.5. The number of carbonyl (C=O) groups excluding carboxylic acids is 3. The highest BCUT2D eigenvalue weighted by Gasteiger charge is 2.49. The van der Waals surface area contributed by atoms with E-state index in [0.29, 0.717) is 29.0 Å². The molecular weight excluding hydrogens is 418 g/mol. The number of nitrogens with one attached hydrogen (secondary N) is 1. The van der Waals surface area contributed by atoms with Crippen LogP contribution in [-0.4, -0.2) is 63.9 Å². The molecule has 31 heavy (non-hydrogen) atoms. The van der Waals surface area contributed by atoms with Crippen molar-refractivity contribution in [2.45, 2.75) is 38.6 Å². The molecule has 1 saturated carbocycles. The Morgan fingerprint density at radius 3 is 2.77 bits per heavy atom. The van der Waals surface area contributed by atoms with Crippen molar-refractivity contribution in [1.29, 1.82) is 0 Å². The predicted octanol–water partition coefficient (Wildman–Crippen LogP) is 2.27. The summed E-state index contributed by atoms with van der Waals surface area (Å²) >= 11 is 1.23. The summed E-state index contributed by atoms with van der Waals surface area (Å²) in [4.78, 5) is 48.2. The first-order valence-corrected chi connectivity index (χ1v) is 11.5. The van der Waals surface area contributed by atoms with Gasteiger partial charge >= 0.3 is 11.9 Å². The lowest BCUT2D eigenvalue weighted by atomic mass is 9.88. The molecule has 3 heterocycles. The average molecular weight is 445 g/mol. The summed E-state index contributed by atoms with van der Waals surface area (Å²) in [6.07, 6.45) is 6.98. The molecule has 1 aromatic heterocycles. The number of thioether (sulfide) groups is 1. The number of carbonyl (C=O) groups is 3. The van der Waals surface area contributed by atoms with E-state index >= 15 is 0 Å². The van der Waals surface area contributed by atoms with E-state index in [-0.39, 0.29) is 23.5 Å². The summed E-state index contributed by atoms with van der Waals surface area (Å²) in [6, 6.07) is 3.14. The van der Waals surface area contributed by atoms with Gasteiger partial charge in [-0.3, -0.25) is 9.59 Å². The van der Waals surface area contributed by atoms with Crippen LogP contribution in [0.5, 0.6) is 0 Å². The Balaban J connectivity index is 1.55. The summed E-state index contributed by atoms with van der Waals surface area (Å²) < 4.78 is 6.64. The number of amides is 4. The summed E-state index contributed by atoms with van der Waals surface area (Å²) in [5.74, 6) is 0.742. The zero-order valence-corrected chi connectivity index (χ0v) is 18.5. The van der Waals surface area contributed by atoms with E-state index in [0.717, 1.165) is 30.6 Å². The summed E-state index contributed by atoms with van der Waals surface area (Å²) in [5, 5.41) is 3.32. The van der Waals surface area contributed by atoms with Gasteiger partial charge in [0.15, 0.2) is 5.92 Å². The van der Waals surface area contributed by atoms with Crippen molar-refractivity contribution >= 4 is 46.3 Å². The largest absolute Gasteiger partial charge is 0.467 e. The van der Waals surface area contributed by atoms with Gasteiger partial charge in [-0.2, -0.15) is 9.48 Å². The molecule has 2 aliphatic heterocycles. The molecule has 0 spiro atoms. The van der Waals surface area contributed by atoms with E-state index < -0.39 is 11.9 Å². The van der Waals surface area contributed by atoms with Gasteiger partial charge in [-0.05, 0) is 25.0 Å². The molecule has 0 aromatic carbocycles. The molecule has 0 saturated heterocycles. The van der Waals surface area contributed by atoms with Crippen LogP contribution in [0.3, 0.4) is 0 Å². The zero-order valence-electron chi connectivity index (χ0n) is 17.7. The van der Waals surface area contributed by atoms with Gasteiger partial charge in [-0.1, -0.05) is 36.0 Å². The first kappa shape index (κ1) is 21.5. The minimum absolute atomic E-state index is 0.107. The van der Waals surface area contributed by atoms with Crippen LogP contribution in [0, 0.1) is 11.8 Å². The lowest BCUT2D eigenvalue weighted by Crippen LogP contribution is -2.55. The molecule has 0 radical (unpaired) electrons. The fourth-order valence-corrected chi connectivity index (χ4v) is 4.95. The number of hydrogen-bond donors (Lipinski definition) is 1. The van der Waals surface area contributed by atoms with Crippen LogP contribution in [0.1, 0.15) is 37.9 Å². The third-order valence-electron chi connectivity index (χ3n) is 5.82. The predicted molar refractivity (Wildman–Crippen MR) is 117 cm³/mol. The molecule has 4 amide bonds. The summed E-state index contributed by atoms with van der Waals surface area (Å²) in [7, 11) is 3.08. The Bertz CT molecular complexity index is 976. The van der Waals surface area contributed by atoms with Crippen molar-refractivity contribution in [3.63, 3.8) is 0 Å². The monoisotopic (exact) mass is 444 g/mol. The molecule has 10 heteroatoms. The molecule has 164 valence electrons. The first-order chi connectivity index (χ1) is 15.0. The summed E-state index contributed by atoms with van der Waals surface area (Å²) in [6.45, 7) is 0.299. The van der Waals surface area contributed by atoms with E-state index in [1.807, 2.05) is 0 Å². The van der Waals surface area contributed by atoms with Gasteiger partial charge in [0.05, 0.1) is 32.7 Å². The van der Waals surface area contributed by atoms with Gasteiger partial charge in [-0.15, -0.1) is 0 Å². The lowest BCUT2D eigenvalue weighted by Gasteiger charge is -2.28. The SMILES string of the molecule is CN1C(=O)C2C(SCC(=O)NCc3ccco3)=NC(C3CCCCC3)=NC2=[N+](C)C1=O. The second kappa shape index (κ2) is 9.17. The quantitative estimate of drug-likeness (QED) is 0.701. The number of amidine groups is 2. The van der Waals surface area contributed by atoms with Gasteiger partial charge < -0.3 is 9.73 Å². The fourth-order valence-electron chi connectivity index (χ4n) is 4.04. The number of imide groups is 1. The van der Waals surface area contributed by atoms with Crippen LogP contribution in [-0.2, 0) is 16.1 Å². The van der Waals surface area contributed by atoms with Gasteiger partial charge in [0.1, 0.15) is 10.8 Å². The minimum atomic E-state index is -0.761. The molecular formula is C21H26N5O4S+. The highest BCUT2D eigenvalue weighted by Crippen LogP contribution is 2.31. The highest BCUT2D eigenvalue weighted by molar-refractivity contribution is 8.14. The Hall–Kier alpha value is -2.75. The highest BCUT2D eigenvalue weighted by atomic mass is 32.2. The summed E-state index contributed by atoms with van der Waals surface area (Å²) in [5.41, 5.74) is 0. The third-order valence-corrected chi connectivity index (χ3v) is 6.84. The number of urea groups is 1. The van der Waals surface area contributed by atoms with Crippen molar-refractivity contribution in [2.75, 3.05) is 19.8 Å². The van der Waals surface area contributed by atoms with E-state index in [9.17, 15) is 14.4 Å². The molecule has 9 nitrogen and oxygen atoms in total. The number of furan rings is 1. The van der Waals surface area contributed by atoms with Crippen molar-refractivity contribution in [3.05, 3.63) is 24.2 Å². The Kier molecular flexibility index (Phi) is 6.35. The van der Waals surface area contributed by atoms with Gasteiger partial charge in [0, 0.05) is 5.92 Å². The molecule has 1 aliphatic carbocycles. The fraction of sp³-hybridized carbons (Fsp3) is 0.524. The van der Waals surface area contributed by atoms with Gasteiger partial charge in [0.2, 0.25) is 11.7 Å². The lowest BCUT2D eigenvalue weighted by molar-refractivity contribution is -0.407. The average Bonchev–Trinajstić information content (AvgIpc) is 3.32. The molecule has 1 unspecified atom stereocenters. The molecule has 4 rings (SSSR count). The topological polar surface area (TPSA) is 107 Å². The smallest absolute Gasteiger partial charge is 0.445 e. The normalized spacial score (nSPS) is 22.3. The van der Waals surface area contributed by atoms with Crippen LogP contribution in [0.25, 0.3) is 0 Å². The number of rotatable bonds is 5. The second-order valence-corrected chi connectivity index (χ2v) is 8.93. The van der Waals surface area contributed by atoms with Crippen molar-refractivity contribution in [2.24, 2.45) is 21.8 Å². The second-order valence-electron chi connectivity index (χ2n) is 7.93. The Morgan fingerprint density at radius 2 is 2.06 bits per heavy atom. The minimum Gasteiger partial charge on any atom is -0.467 e. The van der Waals surface area contributed by atoms with Gasteiger partial charge in [-0.25, -0.2) is 9.79 Å². The standard InChI is InChI=1S/C21H25N5O4S/c1-25-18-16(20(28)26(2)21(25)29)19(24-17(23-18)13-7-4-3-5-8-13)31-12-15(27)22-11-14-9-6-10-30-14/h6,9-10,13,16H,3-5,7-8,11-12H2,1-2H3/p+1. The van der Waals surface area contributed by atoms with Crippen LogP contribution in [0.2, 0.25) is 0 Å². The Morgan fingerprint density at radius 1 is 1.29 bits per heavy atom. The number of hydrogen-bond acceptors (Lipinski definition) is 7. The van der Waals surface area contributed by atoms with E-state index in [1.165, 1.54) is 29.8 Å². The third kappa shape index (κ3) is 4.48. The van der Waals surface area contributed by atoms with Gasteiger partial charge in [0.25, 0.3) is 5.84 Å². The van der Waals surface area contributed by atoms with Crippen LogP contribution >= 0.6 is 11.8 Å². The molecule has 3 aliphatic rings. The van der Waals surface area contributed by atoms with Crippen LogP contribution < -0.4 is 5.32 Å². The van der Waals surface area contributed by atoms with Crippen molar-refractivity contribution in [1.82, 2.24) is 10.2 Å².